The molecule has 0 aromatic rings. The standard InChI is InChI=1S/C36H78O9S10Si3/c1-10-37-56(38-11-2,39-12-3)30-19-26-46-50-54-52-48-28-23-34-21-22-35(25-32-58(43-16-7,44-17-8)45-18-9)36(33-34)24-29-49-53-55-51-47-27-20-31-57(40-13-4,41-14-5)42-15-6/h34-36H,10-33H2,1-9H3. The molecule has 3 unspecified atom stereocenters. The van der Waals surface area contributed by atoms with E-state index in [1.54, 1.807) is 0 Å². The summed E-state index contributed by atoms with van der Waals surface area (Å²) < 4.78 is 54.9. The van der Waals surface area contributed by atoms with Crippen molar-refractivity contribution in [3.05, 3.63) is 0 Å². The Morgan fingerprint density at radius 3 is 1.09 bits per heavy atom. The van der Waals surface area contributed by atoms with Crippen molar-refractivity contribution in [1.29, 1.82) is 0 Å². The number of rotatable bonds is 43. The van der Waals surface area contributed by atoms with Gasteiger partial charge in [-0.15, -0.1) is 0 Å². The molecule has 1 aliphatic carbocycles. The maximum atomic E-state index is 6.26. The van der Waals surface area contributed by atoms with Crippen LogP contribution in [0.15, 0.2) is 0 Å². The van der Waals surface area contributed by atoms with Crippen molar-refractivity contribution in [2.45, 2.75) is 132 Å². The average molecular weight is 1060 g/mol. The van der Waals surface area contributed by atoms with E-state index in [2.05, 4.69) is 20.8 Å². The molecule has 348 valence electrons. The maximum absolute atomic E-state index is 6.26. The van der Waals surface area contributed by atoms with E-state index in [1.807, 2.05) is 144 Å². The van der Waals surface area contributed by atoms with Crippen LogP contribution in [0.5, 0.6) is 0 Å². The monoisotopic (exact) mass is 1060 g/mol. The molecule has 0 N–H and O–H groups in total. The van der Waals surface area contributed by atoms with Crippen LogP contribution in [-0.2, 0) is 39.8 Å². The van der Waals surface area contributed by atoms with Gasteiger partial charge in [-0.25, -0.2) is 0 Å². The van der Waals surface area contributed by atoms with Gasteiger partial charge >= 0.3 is 26.4 Å². The first kappa shape index (κ1) is 59.8. The van der Waals surface area contributed by atoms with Gasteiger partial charge in [0.1, 0.15) is 0 Å². The van der Waals surface area contributed by atoms with Crippen molar-refractivity contribution in [3.8, 4) is 0 Å². The summed E-state index contributed by atoms with van der Waals surface area (Å²) in [6.07, 6.45) is 9.81. The van der Waals surface area contributed by atoms with Gasteiger partial charge in [0.25, 0.3) is 0 Å². The third-order valence-electron chi connectivity index (χ3n) is 9.25. The van der Waals surface area contributed by atoms with Gasteiger partial charge in [0.05, 0.1) is 0 Å². The summed E-state index contributed by atoms with van der Waals surface area (Å²) >= 11 is 0. The molecule has 0 spiro atoms. The fourth-order valence-electron chi connectivity index (χ4n) is 7.13. The van der Waals surface area contributed by atoms with Crippen LogP contribution in [0.3, 0.4) is 0 Å². The van der Waals surface area contributed by atoms with E-state index < -0.39 is 26.4 Å². The van der Waals surface area contributed by atoms with Gasteiger partial charge in [0, 0.05) is 101 Å². The van der Waals surface area contributed by atoms with Crippen molar-refractivity contribution < 1.29 is 39.8 Å². The predicted octanol–water partition coefficient (Wildman–Crippen LogP) is 14.8. The molecular weight excluding hydrogens is 981 g/mol. The second-order valence-corrected chi connectivity index (χ2v) is 37.4. The lowest BCUT2D eigenvalue weighted by Crippen LogP contribution is -2.46. The Hall–Kier alpha value is 3.79. The Bertz CT molecular complexity index is 888. The molecule has 58 heavy (non-hydrogen) atoms. The largest absolute Gasteiger partial charge is 0.500 e. The molecule has 1 aliphatic rings. The van der Waals surface area contributed by atoms with Crippen molar-refractivity contribution >= 4 is 129 Å². The van der Waals surface area contributed by atoms with E-state index >= 15 is 0 Å². The van der Waals surface area contributed by atoms with Crippen LogP contribution in [0.2, 0.25) is 18.1 Å². The zero-order chi connectivity index (χ0) is 42.6. The molecule has 22 heteroatoms. The van der Waals surface area contributed by atoms with Gasteiger partial charge in [-0.05, 0) is 184 Å². The molecule has 0 saturated heterocycles. The first-order valence-corrected chi connectivity index (χ1v) is 40.3. The highest BCUT2D eigenvalue weighted by atomic mass is 33.8. The second kappa shape index (κ2) is 39.9. The molecule has 0 aromatic heterocycles. The van der Waals surface area contributed by atoms with Crippen molar-refractivity contribution in [3.63, 3.8) is 0 Å². The minimum absolute atomic E-state index is 0.637. The molecular formula is C36H78O9S10Si3. The molecule has 3 atom stereocenters. The Morgan fingerprint density at radius 2 is 0.707 bits per heavy atom. The van der Waals surface area contributed by atoms with E-state index in [4.69, 9.17) is 39.8 Å². The summed E-state index contributed by atoms with van der Waals surface area (Å²) in [5.41, 5.74) is 0. The molecule has 9 nitrogen and oxygen atoms in total. The van der Waals surface area contributed by atoms with Crippen LogP contribution in [-0.4, -0.2) is 109 Å². The van der Waals surface area contributed by atoms with Gasteiger partial charge in [0.15, 0.2) is 0 Å². The van der Waals surface area contributed by atoms with Crippen molar-refractivity contribution in [2.75, 3.05) is 82.5 Å². The Kier molecular flexibility index (Phi) is 41.2. The molecule has 1 fully saturated rings. The van der Waals surface area contributed by atoms with Gasteiger partial charge in [-0.3, -0.25) is 0 Å². The summed E-state index contributed by atoms with van der Waals surface area (Å²) in [5.74, 6) is 6.82. The molecule has 0 bridgehead atoms. The highest BCUT2D eigenvalue weighted by molar-refractivity contribution is 9.36. The highest BCUT2D eigenvalue weighted by Crippen LogP contribution is 2.51. The lowest BCUT2D eigenvalue weighted by molar-refractivity contribution is 0.0660. The summed E-state index contributed by atoms with van der Waals surface area (Å²) in [5, 5.41) is 0. The summed E-state index contributed by atoms with van der Waals surface area (Å²) in [6, 6.07) is 2.70. The van der Waals surface area contributed by atoms with Gasteiger partial charge in [0.2, 0.25) is 0 Å². The molecule has 1 rings (SSSR count). The van der Waals surface area contributed by atoms with Crippen LogP contribution in [0, 0.1) is 17.8 Å². The zero-order valence-corrected chi connectivity index (χ0v) is 48.1. The van der Waals surface area contributed by atoms with Crippen LogP contribution in [0.4, 0.5) is 0 Å². The fourth-order valence-corrected chi connectivity index (χ4v) is 33.5. The number of hydrogen-bond acceptors (Lipinski definition) is 19. The molecule has 0 heterocycles. The van der Waals surface area contributed by atoms with Crippen LogP contribution < -0.4 is 0 Å². The second-order valence-electron chi connectivity index (χ2n) is 13.2. The van der Waals surface area contributed by atoms with E-state index in [0.29, 0.717) is 65.4 Å². The van der Waals surface area contributed by atoms with Crippen LogP contribution >= 0.6 is 102 Å². The third-order valence-corrected chi connectivity index (χ3v) is 36.3. The van der Waals surface area contributed by atoms with Gasteiger partial charge in [-0.2, -0.15) is 0 Å². The zero-order valence-electron chi connectivity index (χ0n) is 37.0. The minimum Gasteiger partial charge on any atom is -0.374 e. The topological polar surface area (TPSA) is 83.1 Å². The highest BCUT2D eigenvalue weighted by Gasteiger charge is 2.43. The summed E-state index contributed by atoms with van der Waals surface area (Å²) in [4.78, 5) is 0. The van der Waals surface area contributed by atoms with Crippen molar-refractivity contribution in [1.82, 2.24) is 0 Å². The Labute approximate surface area is 396 Å². The fraction of sp³-hybridized carbons (Fsp3) is 1.00. The first-order chi connectivity index (χ1) is 28.3. The predicted molar refractivity (Wildman–Crippen MR) is 279 cm³/mol. The van der Waals surface area contributed by atoms with E-state index in [9.17, 15) is 0 Å². The lowest BCUT2D eigenvalue weighted by atomic mass is 9.71. The average Bonchev–Trinajstić information content (AvgIpc) is 3.20. The van der Waals surface area contributed by atoms with E-state index in [1.165, 1.54) is 43.6 Å². The Balaban J connectivity index is 2.52. The SMILES string of the molecule is CCO[Si](CCCSSSSSCCC1CCC(CC[Si](OCC)(OCC)OCC)C(CCSSSSSCCC[Si](OCC)(OCC)OCC)C1)(OCC)OCC. The van der Waals surface area contributed by atoms with Crippen LogP contribution in [0.1, 0.15) is 114 Å². The van der Waals surface area contributed by atoms with E-state index in [0.717, 1.165) is 60.7 Å². The molecule has 0 aliphatic heterocycles. The van der Waals surface area contributed by atoms with Gasteiger partial charge in [-0.1, -0.05) is 49.6 Å². The molecule has 0 radical (unpaired) electrons. The van der Waals surface area contributed by atoms with E-state index in [-0.39, 0.29) is 0 Å². The normalized spacial score (nSPS) is 18.1. The smallest absolute Gasteiger partial charge is 0.374 e. The van der Waals surface area contributed by atoms with Gasteiger partial charge < -0.3 is 39.8 Å². The molecule has 1 saturated carbocycles. The minimum atomic E-state index is -2.64. The maximum Gasteiger partial charge on any atom is 0.500 e. The van der Waals surface area contributed by atoms with Crippen molar-refractivity contribution in [2.24, 2.45) is 17.8 Å². The lowest BCUT2D eigenvalue weighted by Gasteiger charge is -2.38. The third kappa shape index (κ3) is 27.4. The number of hydrogen-bond donors (Lipinski definition) is 0. The Morgan fingerprint density at radius 1 is 0.362 bits per heavy atom. The van der Waals surface area contributed by atoms with Crippen LogP contribution in [0.25, 0.3) is 0 Å². The quantitative estimate of drug-likeness (QED) is 0.0330. The molecule has 0 aromatic carbocycles. The first-order valence-electron chi connectivity index (χ1n) is 21.5. The summed E-state index contributed by atoms with van der Waals surface area (Å²) in [6.45, 7) is 24.1. The summed E-state index contributed by atoms with van der Waals surface area (Å²) in [7, 11) is 11.6. The molecule has 0 amide bonds.